The van der Waals surface area contributed by atoms with Crippen LogP contribution in [0.15, 0.2) is 35.3 Å². The van der Waals surface area contributed by atoms with Crippen LogP contribution in [0.25, 0.3) is 0 Å². The number of guanidine groups is 1. The van der Waals surface area contributed by atoms with Crippen molar-refractivity contribution in [3.8, 4) is 0 Å². The Morgan fingerprint density at radius 2 is 1.36 bits per heavy atom. The van der Waals surface area contributed by atoms with Crippen molar-refractivity contribution in [1.82, 2.24) is 52.8 Å². The van der Waals surface area contributed by atoms with Gasteiger partial charge in [-0.1, -0.05) is 64.4 Å². The van der Waals surface area contributed by atoms with Crippen LogP contribution in [0.5, 0.6) is 0 Å². The minimum Gasteiger partial charge on any atom is -0.370 e. The first-order valence-electron chi connectivity index (χ1n) is 27.0. The smallest absolute Gasteiger partial charge is 0.246 e. The average Bonchev–Trinajstić information content (AvgIpc) is 4.10. The van der Waals surface area contributed by atoms with Gasteiger partial charge in [0, 0.05) is 25.9 Å². The van der Waals surface area contributed by atoms with Gasteiger partial charge in [-0.3, -0.25) is 62.5 Å². The van der Waals surface area contributed by atoms with Crippen molar-refractivity contribution in [3.05, 3.63) is 35.9 Å². The van der Waals surface area contributed by atoms with E-state index in [1.807, 2.05) is 20.1 Å². The molecule has 0 unspecified atom stereocenters. The van der Waals surface area contributed by atoms with Crippen molar-refractivity contribution < 1.29 is 62.3 Å². The lowest BCUT2D eigenvalue weighted by molar-refractivity contribution is -0.143. The summed E-state index contributed by atoms with van der Waals surface area (Å²) in [7, 11) is 0. The summed E-state index contributed by atoms with van der Waals surface area (Å²) in [5.74, 6) is -10.0. The van der Waals surface area contributed by atoms with Crippen molar-refractivity contribution >= 4 is 94.9 Å². The summed E-state index contributed by atoms with van der Waals surface area (Å²) in [6.45, 7) is 6.52. The third kappa shape index (κ3) is 23.4. The van der Waals surface area contributed by atoms with Gasteiger partial charge < -0.3 is 80.5 Å². The van der Waals surface area contributed by atoms with Crippen LogP contribution in [0.1, 0.15) is 104 Å². The summed E-state index contributed by atoms with van der Waals surface area (Å²) in [5.41, 5.74) is 22.6. The number of hydrogen-bond donors (Lipinski definition) is 13. The van der Waals surface area contributed by atoms with Gasteiger partial charge >= 0.3 is 0 Å². The summed E-state index contributed by atoms with van der Waals surface area (Å²) >= 11 is 1.50. The number of hydrogen-bond acceptors (Lipinski definition) is 15. The van der Waals surface area contributed by atoms with Crippen LogP contribution in [0, 0.1) is 11.8 Å². The molecule has 448 valence electrons. The molecule has 1 aromatic rings. The standard InChI is InChI=1S/C52H81N15O13S/c1-6-29(4)43(50(79)58-26-42(72)61-34(22-28(2)3)46(75)59-31(27-68)18-21-81-5)66-48(77)35(23-30-12-8-7-9-13-30)63-44(73)32(14-10-19-57-52(55)56)62-47(76)36(24-39(53)69)64-49(78)38-15-11-20-67(38)51(80)37(25-40(54)70)65-45(74)33-16-17-41(71)60-33/h7-9,12-13,27-29,31-38,43H,6,10-11,14-26H2,1-5H3,(H2,53,69)(H2,54,70)(H,58,79)(H,59,75)(H,60,71)(H,61,72)(H,62,76)(H,63,73)(H,64,78)(H,65,74)(H,66,77)(H4,55,56,57)/t29-,31-,32-,33-,34-,35-,36-,37-,38-,43-/m0/s1. The number of rotatable bonds is 35. The molecule has 0 bridgehead atoms. The van der Waals surface area contributed by atoms with Crippen molar-refractivity contribution in [2.24, 2.45) is 39.8 Å². The second-order valence-electron chi connectivity index (χ2n) is 20.4. The largest absolute Gasteiger partial charge is 0.370 e. The molecule has 0 aliphatic carbocycles. The fraction of sp³-hybridized carbons (Fsp3) is 0.615. The number of amides is 12. The molecular formula is C52H81N15O13S. The molecule has 10 atom stereocenters. The molecule has 1 aromatic carbocycles. The summed E-state index contributed by atoms with van der Waals surface area (Å²) < 4.78 is 0. The van der Waals surface area contributed by atoms with E-state index < -0.39 is 145 Å². The van der Waals surface area contributed by atoms with E-state index in [9.17, 15) is 62.3 Å². The third-order valence-corrected chi connectivity index (χ3v) is 14.0. The molecule has 2 fully saturated rings. The number of nitrogens with one attached hydrogen (secondary N) is 9. The zero-order chi connectivity index (χ0) is 60.3. The Kier molecular flexibility index (Phi) is 28.6. The molecule has 28 nitrogen and oxygen atoms in total. The first-order chi connectivity index (χ1) is 38.4. The Balaban J connectivity index is 1.87. The van der Waals surface area contributed by atoms with Crippen LogP contribution in [-0.2, 0) is 68.7 Å². The van der Waals surface area contributed by atoms with E-state index in [1.165, 1.54) is 11.8 Å². The highest BCUT2D eigenvalue weighted by atomic mass is 32.2. The van der Waals surface area contributed by atoms with Crippen molar-refractivity contribution in [2.75, 3.05) is 31.6 Å². The highest BCUT2D eigenvalue weighted by molar-refractivity contribution is 7.98. The SMILES string of the molecule is CC[C@H](C)[C@H](NC(=O)[C@H](Cc1ccccc1)NC(=O)[C@H](CCCN=C(N)N)NC(=O)[C@H](CC(N)=O)NC(=O)[C@@H]1CCCN1C(=O)[C@H](CC(N)=O)NC(=O)[C@@H]1CCC(=O)N1)C(=O)NCC(=O)N[C@@H](CC(C)C)C(=O)N[C@H](C=O)CCSC. The van der Waals surface area contributed by atoms with Gasteiger partial charge in [0.05, 0.1) is 25.4 Å². The Morgan fingerprint density at radius 1 is 0.741 bits per heavy atom. The Labute approximate surface area is 474 Å². The number of aliphatic imine (C=N–C) groups is 1. The van der Waals surface area contributed by atoms with Gasteiger partial charge in [-0.2, -0.15) is 11.8 Å². The zero-order valence-electron chi connectivity index (χ0n) is 46.5. The van der Waals surface area contributed by atoms with Crippen molar-refractivity contribution in [2.45, 2.75) is 159 Å². The van der Waals surface area contributed by atoms with E-state index in [2.05, 4.69) is 52.8 Å². The van der Waals surface area contributed by atoms with Crippen LogP contribution >= 0.6 is 11.8 Å². The second kappa shape index (κ2) is 34.3. The fourth-order valence-electron chi connectivity index (χ4n) is 8.93. The van der Waals surface area contributed by atoms with E-state index in [-0.39, 0.29) is 82.2 Å². The summed E-state index contributed by atoms with van der Waals surface area (Å²) in [6.07, 6.45) is 2.32. The van der Waals surface area contributed by atoms with Crippen LogP contribution in [0.3, 0.4) is 0 Å². The first kappa shape index (κ1) is 67.4. The second-order valence-corrected chi connectivity index (χ2v) is 21.4. The quantitative estimate of drug-likeness (QED) is 0.0133. The Hall–Kier alpha value is -7.85. The van der Waals surface area contributed by atoms with Crippen LogP contribution < -0.4 is 70.8 Å². The number of nitrogens with two attached hydrogens (primary N) is 4. The minimum absolute atomic E-state index is 0.0189. The number of carbonyl (C=O) groups excluding carboxylic acids is 13. The number of aldehydes is 1. The maximum absolute atomic E-state index is 14.5. The molecule has 0 radical (unpaired) electrons. The van der Waals surface area contributed by atoms with Crippen LogP contribution in [-0.4, -0.2) is 174 Å². The van der Waals surface area contributed by atoms with Gasteiger partial charge in [0.2, 0.25) is 70.9 Å². The molecule has 29 heteroatoms. The molecule has 2 aliphatic heterocycles. The molecule has 12 amide bonds. The fourth-order valence-corrected chi connectivity index (χ4v) is 9.42. The molecular weight excluding hydrogens is 1070 g/mol. The lowest BCUT2D eigenvalue weighted by Gasteiger charge is -2.30. The van der Waals surface area contributed by atoms with E-state index in [0.29, 0.717) is 30.4 Å². The van der Waals surface area contributed by atoms with Crippen molar-refractivity contribution in [3.63, 3.8) is 0 Å². The third-order valence-electron chi connectivity index (χ3n) is 13.4. The van der Waals surface area contributed by atoms with Gasteiger partial charge in [0.1, 0.15) is 54.6 Å². The number of likely N-dealkylation sites (tertiary alicyclic amines) is 1. The molecule has 3 rings (SSSR count). The molecule has 81 heavy (non-hydrogen) atoms. The molecule has 2 saturated heterocycles. The highest BCUT2D eigenvalue weighted by Gasteiger charge is 2.41. The summed E-state index contributed by atoms with van der Waals surface area (Å²) in [4.78, 5) is 177. The van der Waals surface area contributed by atoms with Gasteiger partial charge in [-0.15, -0.1) is 0 Å². The predicted octanol–water partition coefficient (Wildman–Crippen LogP) is -4.14. The predicted molar refractivity (Wildman–Crippen MR) is 298 cm³/mol. The minimum atomic E-state index is -1.74. The molecule has 0 spiro atoms. The molecule has 2 heterocycles. The number of primary amides is 2. The molecule has 2 aliphatic rings. The lowest BCUT2D eigenvalue weighted by atomic mass is 9.97. The van der Waals surface area contributed by atoms with Gasteiger partial charge in [-0.05, 0) is 74.4 Å². The maximum atomic E-state index is 14.5. The van der Waals surface area contributed by atoms with Gasteiger partial charge in [-0.25, -0.2) is 0 Å². The number of thioether (sulfide) groups is 1. The zero-order valence-corrected chi connectivity index (χ0v) is 47.4. The van der Waals surface area contributed by atoms with E-state index in [1.54, 1.807) is 44.2 Å². The topological polar surface area (TPSA) is 450 Å². The van der Waals surface area contributed by atoms with Crippen molar-refractivity contribution in [1.29, 1.82) is 0 Å². The monoisotopic (exact) mass is 1160 g/mol. The van der Waals surface area contributed by atoms with Crippen LogP contribution in [0.4, 0.5) is 0 Å². The number of nitrogens with zero attached hydrogens (tertiary/aromatic N) is 2. The van der Waals surface area contributed by atoms with E-state index in [4.69, 9.17) is 22.9 Å². The van der Waals surface area contributed by atoms with Gasteiger partial charge in [0.25, 0.3) is 0 Å². The van der Waals surface area contributed by atoms with Gasteiger partial charge in [0.15, 0.2) is 5.96 Å². The average molecular weight is 1160 g/mol. The molecule has 0 aromatic heterocycles. The number of carbonyl (C=O) groups is 13. The Bertz CT molecular complexity index is 2430. The number of benzene rings is 1. The normalized spacial score (nSPS) is 17.7. The lowest BCUT2D eigenvalue weighted by Crippen LogP contribution is -2.61. The highest BCUT2D eigenvalue weighted by Crippen LogP contribution is 2.21. The van der Waals surface area contributed by atoms with E-state index in [0.717, 1.165) is 4.90 Å². The first-order valence-corrected chi connectivity index (χ1v) is 28.4. The summed E-state index contributed by atoms with van der Waals surface area (Å²) in [6, 6.07) is -3.00. The molecule has 17 N–H and O–H groups in total. The van der Waals surface area contributed by atoms with Crippen LogP contribution in [0.2, 0.25) is 0 Å². The van der Waals surface area contributed by atoms with E-state index >= 15 is 0 Å². The Morgan fingerprint density at radius 3 is 1.95 bits per heavy atom. The molecule has 0 saturated carbocycles. The maximum Gasteiger partial charge on any atom is 0.246 e. The summed E-state index contributed by atoms with van der Waals surface area (Å²) in [5, 5.41) is 23.1.